The number of aliphatic hydroxyl groups is 1. The number of benzene rings is 3. The third kappa shape index (κ3) is 6.04. The maximum atomic E-state index is 12.7. The second-order valence-corrected chi connectivity index (χ2v) is 9.78. The van der Waals surface area contributed by atoms with Gasteiger partial charge in [0.15, 0.2) is 0 Å². The number of carbonyl (C=O) groups excluding carboxylic acids is 2. The predicted molar refractivity (Wildman–Crippen MR) is 138 cm³/mol. The van der Waals surface area contributed by atoms with Crippen LogP contribution in [0.1, 0.15) is 43.4 Å². The molecular formula is C29H32N2O5. The van der Waals surface area contributed by atoms with Crippen LogP contribution in [-0.4, -0.2) is 42.1 Å². The van der Waals surface area contributed by atoms with Gasteiger partial charge in [-0.1, -0.05) is 60.7 Å². The van der Waals surface area contributed by atoms with Gasteiger partial charge in [0, 0.05) is 12.3 Å². The number of nitrogens with one attached hydrogen (secondary N) is 2. The molecule has 1 atom stereocenters. The highest BCUT2D eigenvalue weighted by atomic mass is 16.5. The van der Waals surface area contributed by atoms with Crippen molar-refractivity contribution in [2.75, 3.05) is 13.3 Å². The lowest BCUT2D eigenvalue weighted by Gasteiger charge is -2.22. The number of hydrogen-bond donors (Lipinski definition) is 3. The zero-order chi connectivity index (χ0) is 25.7. The summed E-state index contributed by atoms with van der Waals surface area (Å²) in [6.07, 6.45) is -0.464. The van der Waals surface area contributed by atoms with Crippen LogP contribution in [0.25, 0.3) is 11.1 Å². The molecule has 0 aliphatic heterocycles. The molecule has 0 heterocycles. The smallest absolute Gasteiger partial charge is 0.407 e. The first-order chi connectivity index (χ1) is 17.2. The molecule has 7 nitrogen and oxygen atoms in total. The van der Waals surface area contributed by atoms with Crippen LogP contribution in [0.3, 0.4) is 0 Å². The third-order valence-electron chi connectivity index (χ3n) is 5.99. The Morgan fingerprint density at radius 3 is 2.06 bits per heavy atom. The van der Waals surface area contributed by atoms with Crippen molar-refractivity contribution in [3.63, 3.8) is 0 Å². The van der Waals surface area contributed by atoms with E-state index < -0.39 is 24.8 Å². The summed E-state index contributed by atoms with van der Waals surface area (Å²) in [6, 6.07) is 22.6. The van der Waals surface area contributed by atoms with Gasteiger partial charge in [-0.3, -0.25) is 4.79 Å². The number of amides is 2. The van der Waals surface area contributed by atoms with E-state index in [4.69, 9.17) is 9.47 Å². The van der Waals surface area contributed by atoms with E-state index >= 15 is 0 Å². The van der Waals surface area contributed by atoms with Crippen LogP contribution >= 0.6 is 0 Å². The summed E-state index contributed by atoms with van der Waals surface area (Å²) in [5.74, 6) is 0.136. The van der Waals surface area contributed by atoms with E-state index in [1.807, 2.05) is 81.4 Å². The van der Waals surface area contributed by atoms with E-state index in [-0.39, 0.29) is 24.5 Å². The van der Waals surface area contributed by atoms with E-state index in [1.54, 1.807) is 0 Å². The quantitative estimate of drug-likeness (QED) is 0.409. The lowest BCUT2D eigenvalue weighted by molar-refractivity contribution is -0.124. The highest BCUT2D eigenvalue weighted by Crippen LogP contribution is 2.44. The molecule has 4 rings (SSSR count). The van der Waals surface area contributed by atoms with Gasteiger partial charge in [0.2, 0.25) is 5.91 Å². The van der Waals surface area contributed by atoms with Gasteiger partial charge in [-0.15, -0.1) is 0 Å². The molecule has 3 aromatic carbocycles. The Labute approximate surface area is 211 Å². The number of fused-ring (bicyclic) bond motifs is 3. The molecule has 0 saturated carbocycles. The number of alkyl carbamates (subject to hydrolysis) is 1. The summed E-state index contributed by atoms with van der Waals surface area (Å²) in [5.41, 5.74) is 5.00. The van der Waals surface area contributed by atoms with Crippen LogP contribution in [0.4, 0.5) is 4.79 Å². The Hall–Kier alpha value is -3.84. The molecule has 3 N–H and O–H groups in total. The summed E-state index contributed by atoms with van der Waals surface area (Å²) < 4.78 is 11.4. The van der Waals surface area contributed by atoms with Crippen molar-refractivity contribution in [2.45, 2.75) is 44.8 Å². The zero-order valence-corrected chi connectivity index (χ0v) is 20.8. The van der Waals surface area contributed by atoms with Gasteiger partial charge in [0.05, 0.1) is 0 Å². The molecule has 1 aliphatic rings. The molecule has 188 valence electrons. The molecule has 0 bridgehead atoms. The lowest BCUT2D eigenvalue weighted by Crippen LogP contribution is -2.48. The maximum absolute atomic E-state index is 12.7. The second-order valence-electron chi connectivity index (χ2n) is 9.78. The van der Waals surface area contributed by atoms with Gasteiger partial charge in [-0.2, -0.15) is 0 Å². The fourth-order valence-electron chi connectivity index (χ4n) is 4.48. The van der Waals surface area contributed by atoms with E-state index in [2.05, 4.69) is 22.8 Å². The average Bonchev–Trinajstić information content (AvgIpc) is 3.16. The molecular weight excluding hydrogens is 456 g/mol. The number of rotatable bonds is 8. The first-order valence-electron chi connectivity index (χ1n) is 12.0. The van der Waals surface area contributed by atoms with Gasteiger partial charge in [-0.05, 0) is 60.7 Å². The molecule has 1 aliphatic carbocycles. The number of hydrogen-bond acceptors (Lipinski definition) is 5. The Morgan fingerprint density at radius 1 is 0.917 bits per heavy atom. The van der Waals surface area contributed by atoms with Gasteiger partial charge in [0.1, 0.15) is 30.7 Å². The molecule has 36 heavy (non-hydrogen) atoms. The van der Waals surface area contributed by atoms with Crippen LogP contribution in [-0.2, 0) is 16.0 Å². The zero-order valence-electron chi connectivity index (χ0n) is 20.8. The highest BCUT2D eigenvalue weighted by Gasteiger charge is 2.30. The minimum atomic E-state index is -0.915. The predicted octanol–water partition coefficient (Wildman–Crippen LogP) is 4.38. The van der Waals surface area contributed by atoms with Crippen LogP contribution < -0.4 is 15.4 Å². The van der Waals surface area contributed by atoms with Crippen molar-refractivity contribution in [2.24, 2.45) is 0 Å². The monoisotopic (exact) mass is 488 g/mol. The van der Waals surface area contributed by atoms with Gasteiger partial charge in [-0.25, -0.2) is 4.79 Å². The van der Waals surface area contributed by atoms with Crippen molar-refractivity contribution >= 4 is 12.0 Å². The van der Waals surface area contributed by atoms with Crippen molar-refractivity contribution in [1.82, 2.24) is 10.6 Å². The first-order valence-corrected chi connectivity index (χ1v) is 12.0. The summed E-state index contributed by atoms with van der Waals surface area (Å²) in [5, 5.41) is 14.2. The van der Waals surface area contributed by atoms with Crippen LogP contribution in [0.15, 0.2) is 72.8 Å². The Kier molecular flexibility index (Phi) is 7.60. The van der Waals surface area contributed by atoms with Crippen LogP contribution in [0.2, 0.25) is 0 Å². The van der Waals surface area contributed by atoms with E-state index in [0.29, 0.717) is 5.75 Å². The Morgan fingerprint density at radius 2 is 1.50 bits per heavy atom. The number of ether oxygens (including phenoxy) is 2. The third-order valence-corrected chi connectivity index (χ3v) is 5.99. The second kappa shape index (κ2) is 10.8. The van der Waals surface area contributed by atoms with Crippen molar-refractivity contribution in [3.05, 3.63) is 89.5 Å². The summed E-state index contributed by atoms with van der Waals surface area (Å²) in [7, 11) is 0. The lowest BCUT2D eigenvalue weighted by atomic mass is 9.98. The maximum Gasteiger partial charge on any atom is 0.407 e. The van der Waals surface area contributed by atoms with E-state index in [1.165, 1.54) is 0 Å². The number of aliphatic hydroxyl groups excluding tert-OH is 1. The van der Waals surface area contributed by atoms with E-state index in [9.17, 15) is 14.7 Å². The fraction of sp³-hybridized carbons (Fsp3) is 0.310. The molecule has 0 saturated heterocycles. The largest absolute Gasteiger partial charge is 0.488 e. The highest BCUT2D eigenvalue weighted by molar-refractivity contribution is 5.86. The van der Waals surface area contributed by atoms with Gasteiger partial charge in [0.25, 0.3) is 0 Å². The van der Waals surface area contributed by atoms with Crippen molar-refractivity contribution in [3.8, 4) is 16.9 Å². The SMILES string of the molecule is CC(C)(C)Oc1ccc(C[C@H](NC(=O)OCC2c3ccccc3-c3ccccc32)C(=O)NCO)cc1. The van der Waals surface area contributed by atoms with Crippen LogP contribution in [0, 0.1) is 0 Å². The summed E-state index contributed by atoms with van der Waals surface area (Å²) >= 11 is 0. The fourth-order valence-corrected chi connectivity index (χ4v) is 4.48. The molecule has 0 aromatic heterocycles. The normalized spacial score (nSPS) is 13.3. The molecule has 3 aromatic rings. The standard InChI is InChI=1S/C29H32N2O5/c1-29(2,3)36-20-14-12-19(13-15-20)16-26(27(33)30-18-32)31-28(34)35-17-25-23-10-6-4-8-21(23)22-9-5-7-11-24(22)25/h4-15,25-26,32H,16-18H2,1-3H3,(H,30,33)(H,31,34)/t26-/m0/s1. The average molecular weight is 489 g/mol. The summed E-state index contributed by atoms with van der Waals surface area (Å²) in [6.45, 7) is 5.52. The summed E-state index contributed by atoms with van der Waals surface area (Å²) in [4.78, 5) is 25.3. The van der Waals surface area contributed by atoms with Gasteiger partial charge >= 0.3 is 6.09 Å². The van der Waals surface area contributed by atoms with Crippen molar-refractivity contribution in [1.29, 1.82) is 0 Å². The molecule has 0 radical (unpaired) electrons. The molecule has 0 spiro atoms. The molecule has 2 amide bonds. The van der Waals surface area contributed by atoms with Crippen molar-refractivity contribution < 1.29 is 24.2 Å². The first kappa shape index (κ1) is 25.3. The van der Waals surface area contributed by atoms with Crippen LogP contribution in [0.5, 0.6) is 5.75 Å². The Balaban J connectivity index is 1.42. The van der Waals surface area contributed by atoms with E-state index in [0.717, 1.165) is 27.8 Å². The molecule has 0 fully saturated rings. The number of carbonyl (C=O) groups is 2. The molecule has 0 unspecified atom stereocenters. The topological polar surface area (TPSA) is 96.9 Å². The minimum Gasteiger partial charge on any atom is -0.488 e. The minimum absolute atomic E-state index is 0.0803. The van der Waals surface area contributed by atoms with Gasteiger partial charge < -0.3 is 25.2 Å². The Bertz CT molecular complexity index is 1170. The molecule has 7 heteroatoms.